The Morgan fingerprint density at radius 1 is 1.58 bits per heavy atom. The third-order valence-corrected chi connectivity index (χ3v) is 1.66. The molecule has 8 nitrogen and oxygen atoms in total. The normalized spacial score (nSPS) is 14.5. The van der Waals surface area contributed by atoms with Crippen molar-refractivity contribution in [2.45, 2.75) is 0 Å². The molecule has 0 aliphatic rings. The van der Waals surface area contributed by atoms with Gasteiger partial charge in [0.2, 0.25) is 0 Å². The number of rotatable bonds is 6. The van der Waals surface area contributed by atoms with Gasteiger partial charge in [0.25, 0.3) is 0 Å². The summed E-state index contributed by atoms with van der Waals surface area (Å²) >= 11 is -2.72. The monoisotopic (exact) mass is 220 g/mol. The predicted octanol–water partition coefficient (Wildman–Crippen LogP) is -2.14. The zero-order valence-corrected chi connectivity index (χ0v) is 7.43. The Labute approximate surface area is 71.7 Å². The van der Waals surface area contributed by atoms with E-state index in [0.29, 0.717) is 0 Å². The second-order valence-electron chi connectivity index (χ2n) is 1.45. The summed E-state index contributed by atoms with van der Waals surface area (Å²) in [6.45, 7) is -0.236. The van der Waals surface area contributed by atoms with Crippen LogP contribution in [-0.2, 0) is 30.1 Å². The Balaban J connectivity index is 3.80. The standard InChI is InChI=1S/C2H8N2O6S2/c3-1-2-9-12(7,8)4-10-11(5)6/h4H,1-3H2,(H,5,6). The lowest BCUT2D eigenvalue weighted by Gasteiger charge is -2.02. The first-order valence-corrected chi connectivity index (χ1v) is 5.06. The van der Waals surface area contributed by atoms with Crippen molar-refractivity contribution < 1.29 is 25.6 Å². The van der Waals surface area contributed by atoms with Gasteiger partial charge in [-0.3, -0.25) is 8.74 Å². The van der Waals surface area contributed by atoms with E-state index < -0.39 is 21.7 Å². The van der Waals surface area contributed by atoms with Crippen molar-refractivity contribution in [3.05, 3.63) is 0 Å². The molecule has 0 aromatic heterocycles. The highest BCUT2D eigenvalue weighted by Gasteiger charge is 2.11. The van der Waals surface area contributed by atoms with Crippen molar-refractivity contribution in [3.63, 3.8) is 0 Å². The first-order valence-electron chi connectivity index (χ1n) is 2.62. The molecule has 0 radical (unpaired) electrons. The quantitative estimate of drug-likeness (QED) is 0.344. The van der Waals surface area contributed by atoms with E-state index in [-0.39, 0.29) is 13.2 Å². The van der Waals surface area contributed by atoms with Gasteiger partial charge in [0, 0.05) is 6.54 Å². The molecule has 0 fully saturated rings. The highest BCUT2D eigenvalue weighted by Crippen LogP contribution is 1.87. The molecular formula is C2H8N2O6S2. The van der Waals surface area contributed by atoms with Crippen LogP contribution in [0.15, 0.2) is 0 Å². The fourth-order valence-electron chi connectivity index (χ4n) is 0.253. The van der Waals surface area contributed by atoms with Crippen molar-refractivity contribution in [1.29, 1.82) is 0 Å². The zero-order valence-electron chi connectivity index (χ0n) is 5.80. The minimum absolute atomic E-state index is 0.00310. The van der Waals surface area contributed by atoms with Crippen LogP contribution in [0.3, 0.4) is 0 Å². The van der Waals surface area contributed by atoms with E-state index in [0.717, 1.165) is 0 Å². The highest BCUT2D eigenvalue weighted by atomic mass is 32.2. The van der Waals surface area contributed by atoms with E-state index >= 15 is 0 Å². The average Bonchev–Trinajstić information content (AvgIpc) is 1.98. The SMILES string of the molecule is NCCOS(=O)(=O)NOS(=O)O. The summed E-state index contributed by atoms with van der Waals surface area (Å²) in [6, 6.07) is 0. The van der Waals surface area contributed by atoms with Crippen LogP contribution < -0.4 is 10.6 Å². The fraction of sp³-hybridized carbons (Fsp3) is 1.00. The molecule has 0 aliphatic carbocycles. The van der Waals surface area contributed by atoms with Crippen LogP contribution in [0.2, 0.25) is 0 Å². The molecular weight excluding hydrogens is 212 g/mol. The number of nitrogens with one attached hydrogen (secondary N) is 1. The largest absolute Gasteiger partial charge is 0.359 e. The number of nitrogens with two attached hydrogens (primary N) is 1. The van der Waals surface area contributed by atoms with E-state index in [4.69, 9.17) is 10.3 Å². The Morgan fingerprint density at radius 2 is 2.17 bits per heavy atom. The topological polar surface area (TPSA) is 128 Å². The third-order valence-electron chi connectivity index (χ3n) is 0.564. The third kappa shape index (κ3) is 6.60. The average molecular weight is 220 g/mol. The summed E-state index contributed by atoms with van der Waals surface area (Å²) in [6.07, 6.45) is 0. The molecule has 1 atom stereocenters. The van der Waals surface area contributed by atoms with Crippen molar-refractivity contribution in [3.8, 4) is 0 Å². The number of hydrogen-bond donors (Lipinski definition) is 3. The lowest BCUT2D eigenvalue weighted by atomic mass is 10.8. The van der Waals surface area contributed by atoms with Crippen LogP contribution in [0.1, 0.15) is 0 Å². The summed E-state index contributed by atoms with van der Waals surface area (Å²) in [7, 11) is -4.14. The Bertz CT molecular complexity index is 236. The van der Waals surface area contributed by atoms with Crippen molar-refractivity contribution in [1.82, 2.24) is 4.89 Å². The maximum atomic E-state index is 10.5. The fourth-order valence-corrected chi connectivity index (χ4v) is 1.18. The van der Waals surface area contributed by atoms with E-state index in [1.165, 1.54) is 4.89 Å². The second-order valence-corrected chi connectivity index (χ2v) is 3.36. The van der Waals surface area contributed by atoms with Gasteiger partial charge < -0.3 is 5.73 Å². The van der Waals surface area contributed by atoms with Crippen LogP contribution in [-0.4, -0.2) is 30.3 Å². The van der Waals surface area contributed by atoms with Gasteiger partial charge in [-0.25, -0.2) is 0 Å². The van der Waals surface area contributed by atoms with Gasteiger partial charge in [0.15, 0.2) is 0 Å². The van der Waals surface area contributed by atoms with Crippen molar-refractivity contribution in [2.24, 2.45) is 5.73 Å². The molecule has 0 rings (SSSR count). The second kappa shape index (κ2) is 5.53. The molecule has 0 bridgehead atoms. The summed E-state index contributed by atoms with van der Waals surface area (Å²) < 4.78 is 46.6. The van der Waals surface area contributed by atoms with Gasteiger partial charge in [-0.1, -0.05) is 4.89 Å². The lowest BCUT2D eigenvalue weighted by Crippen LogP contribution is -2.28. The first-order chi connectivity index (χ1) is 5.48. The summed E-state index contributed by atoms with van der Waals surface area (Å²) in [4.78, 5) is 1.24. The van der Waals surface area contributed by atoms with Crippen LogP contribution in [0.4, 0.5) is 0 Å². The maximum Gasteiger partial charge on any atom is 0.359 e. The molecule has 0 heterocycles. The predicted molar refractivity (Wildman–Crippen MR) is 38.9 cm³/mol. The van der Waals surface area contributed by atoms with E-state index in [1.54, 1.807) is 0 Å². The van der Waals surface area contributed by atoms with Gasteiger partial charge in [0.05, 0.1) is 6.61 Å². The van der Waals surface area contributed by atoms with Crippen molar-refractivity contribution >= 4 is 21.7 Å². The van der Waals surface area contributed by atoms with E-state index in [2.05, 4.69) is 8.47 Å². The lowest BCUT2D eigenvalue weighted by molar-refractivity contribution is 0.226. The van der Waals surface area contributed by atoms with Gasteiger partial charge in [-0.05, 0) is 0 Å². The molecule has 0 saturated heterocycles. The molecule has 12 heavy (non-hydrogen) atoms. The molecule has 0 aromatic rings. The van der Waals surface area contributed by atoms with Crippen LogP contribution in [0.5, 0.6) is 0 Å². The van der Waals surface area contributed by atoms with Crippen molar-refractivity contribution in [2.75, 3.05) is 13.2 Å². The molecule has 0 saturated carbocycles. The van der Waals surface area contributed by atoms with E-state index in [1.807, 2.05) is 0 Å². The molecule has 74 valence electrons. The summed E-state index contributed by atoms with van der Waals surface area (Å²) in [5, 5.41) is 0. The Hall–Kier alpha value is -0.100. The Kier molecular flexibility index (Phi) is 5.48. The first kappa shape index (κ1) is 11.9. The number of hydrogen-bond acceptors (Lipinski definition) is 6. The minimum Gasteiger partial charge on any atom is -0.328 e. The van der Waals surface area contributed by atoms with Crippen LogP contribution in [0, 0.1) is 0 Å². The molecule has 10 heteroatoms. The van der Waals surface area contributed by atoms with Gasteiger partial charge in [0.1, 0.15) is 0 Å². The highest BCUT2D eigenvalue weighted by molar-refractivity contribution is 7.85. The van der Waals surface area contributed by atoms with Gasteiger partial charge in [-0.2, -0.15) is 16.9 Å². The molecule has 0 spiro atoms. The maximum absolute atomic E-state index is 10.5. The molecule has 4 N–H and O–H groups in total. The van der Waals surface area contributed by atoms with Crippen LogP contribution >= 0.6 is 0 Å². The van der Waals surface area contributed by atoms with Gasteiger partial charge in [-0.15, -0.1) is 0 Å². The minimum atomic E-state index is -4.14. The molecule has 1 unspecified atom stereocenters. The zero-order chi connectivity index (χ0) is 9.61. The van der Waals surface area contributed by atoms with Crippen LogP contribution in [0.25, 0.3) is 0 Å². The van der Waals surface area contributed by atoms with Gasteiger partial charge >= 0.3 is 21.7 Å². The molecule has 0 aromatic carbocycles. The molecule has 0 aliphatic heterocycles. The van der Waals surface area contributed by atoms with E-state index in [9.17, 15) is 12.6 Å². The summed E-state index contributed by atoms with van der Waals surface area (Å²) in [5.41, 5.74) is 4.92. The molecule has 0 amide bonds. The Morgan fingerprint density at radius 3 is 2.58 bits per heavy atom. The summed E-state index contributed by atoms with van der Waals surface area (Å²) in [5.74, 6) is 0. The smallest absolute Gasteiger partial charge is 0.328 e.